The van der Waals surface area contributed by atoms with Gasteiger partial charge in [-0.3, -0.25) is 9.59 Å². The number of anilines is 1. The molecular weight excluding hydrogens is 364 g/mol. The first-order valence-electron chi connectivity index (χ1n) is 10.2. The molecule has 0 bridgehead atoms. The second-order valence-electron chi connectivity index (χ2n) is 7.77. The third-order valence-electron chi connectivity index (χ3n) is 5.70. The Hall–Kier alpha value is -2.82. The molecule has 1 atom stereocenters. The Bertz CT molecular complexity index is 822. The zero-order valence-electron chi connectivity index (χ0n) is 17.5. The van der Waals surface area contributed by atoms with Gasteiger partial charge in [0.15, 0.2) is 0 Å². The van der Waals surface area contributed by atoms with Crippen molar-refractivity contribution in [3.63, 3.8) is 0 Å². The molecule has 1 aliphatic rings. The number of ether oxygens (including phenoxy) is 1. The first-order valence-corrected chi connectivity index (χ1v) is 10.2. The van der Waals surface area contributed by atoms with Crippen molar-refractivity contribution in [2.75, 3.05) is 25.1 Å². The maximum atomic E-state index is 11.4. The zero-order valence-corrected chi connectivity index (χ0v) is 17.5. The van der Waals surface area contributed by atoms with Crippen LogP contribution in [0.4, 0.5) is 5.69 Å². The Morgan fingerprint density at radius 2 is 1.69 bits per heavy atom. The van der Waals surface area contributed by atoms with Crippen LogP contribution in [0.15, 0.2) is 48.5 Å². The number of carbonyl (C=O) groups excluding carboxylic acids is 2. The lowest BCUT2D eigenvalue weighted by Crippen LogP contribution is -2.32. The lowest BCUT2D eigenvalue weighted by molar-refractivity contribution is -0.139. The van der Waals surface area contributed by atoms with Crippen molar-refractivity contribution >= 4 is 17.6 Å². The van der Waals surface area contributed by atoms with Crippen molar-refractivity contribution in [1.82, 2.24) is 5.32 Å². The van der Waals surface area contributed by atoms with E-state index in [0.29, 0.717) is 12.3 Å². The number of nitrogens with zero attached hydrogens (tertiary/aromatic N) is 1. The summed E-state index contributed by atoms with van der Waals surface area (Å²) in [5, 5.41) is 2.93. The highest BCUT2D eigenvalue weighted by molar-refractivity contribution is 5.73. The van der Waals surface area contributed by atoms with E-state index in [1.807, 2.05) is 19.1 Å². The number of hydrogen-bond acceptors (Lipinski definition) is 4. The number of hydrogen-bond donors (Lipinski definition) is 1. The predicted octanol–water partition coefficient (Wildman–Crippen LogP) is 3.98. The predicted molar refractivity (Wildman–Crippen MR) is 115 cm³/mol. The van der Waals surface area contributed by atoms with E-state index >= 15 is 0 Å². The molecular formula is C24H30N2O3. The highest BCUT2D eigenvalue weighted by Gasteiger charge is 2.21. The molecule has 2 aromatic carbocycles. The first-order chi connectivity index (χ1) is 14.0. The third-order valence-corrected chi connectivity index (χ3v) is 5.70. The van der Waals surface area contributed by atoms with E-state index in [1.54, 1.807) is 6.92 Å². The van der Waals surface area contributed by atoms with Crippen molar-refractivity contribution in [2.24, 2.45) is 0 Å². The molecule has 3 rings (SSSR count). The van der Waals surface area contributed by atoms with E-state index in [9.17, 15) is 9.59 Å². The lowest BCUT2D eigenvalue weighted by atomic mass is 9.88. The Morgan fingerprint density at radius 1 is 1.07 bits per heavy atom. The second kappa shape index (κ2) is 9.59. The SMILES string of the molecule is COC(=O)Cc1ccc(N2CCC(c3ccc(C(C)NC(C)=O)cc3)CC2)cc1. The molecule has 2 aromatic rings. The van der Waals surface area contributed by atoms with Crippen LogP contribution in [0.2, 0.25) is 0 Å². The molecule has 1 aliphatic heterocycles. The number of rotatable bonds is 6. The molecule has 1 heterocycles. The van der Waals surface area contributed by atoms with Gasteiger partial charge in [-0.2, -0.15) is 0 Å². The summed E-state index contributed by atoms with van der Waals surface area (Å²) in [6.45, 7) is 5.59. The van der Waals surface area contributed by atoms with Crippen molar-refractivity contribution < 1.29 is 14.3 Å². The first kappa shape index (κ1) is 20.9. The average molecular weight is 395 g/mol. The van der Waals surface area contributed by atoms with E-state index in [2.05, 4.69) is 46.6 Å². The van der Waals surface area contributed by atoms with Gasteiger partial charge in [0.2, 0.25) is 5.91 Å². The summed E-state index contributed by atoms with van der Waals surface area (Å²) < 4.78 is 4.72. The van der Waals surface area contributed by atoms with Crippen LogP contribution in [0.25, 0.3) is 0 Å². The number of methoxy groups -OCH3 is 1. The van der Waals surface area contributed by atoms with Crippen molar-refractivity contribution in [3.8, 4) is 0 Å². The molecule has 1 fully saturated rings. The van der Waals surface area contributed by atoms with E-state index in [0.717, 1.165) is 37.1 Å². The van der Waals surface area contributed by atoms with Gasteiger partial charge in [-0.25, -0.2) is 0 Å². The van der Waals surface area contributed by atoms with Gasteiger partial charge in [-0.05, 0) is 54.5 Å². The standard InChI is InChI=1S/C24H30N2O3/c1-17(25-18(2)27)20-6-8-21(9-7-20)22-12-14-26(15-13-22)23-10-4-19(5-11-23)16-24(28)29-3/h4-11,17,22H,12-16H2,1-3H3,(H,25,27). The summed E-state index contributed by atoms with van der Waals surface area (Å²) in [5.74, 6) is 0.346. The molecule has 1 N–H and O–H groups in total. The molecule has 5 heteroatoms. The monoisotopic (exact) mass is 394 g/mol. The molecule has 5 nitrogen and oxygen atoms in total. The van der Waals surface area contributed by atoms with E-state index in [4.69, 9.17) is 4.74 Å². The Kier molecular flexibility index (Phi) is 6.91. The highest BCUT2D eigenvalue weighted by atomic mass is 16.5. The maximum Gasteiger partial charge on any atom is 0.309 e. The number of piperidine rings is 1. The number of esters is 1. The smallest absolute Gasteiger partial charge is 0.309 e. The largest absolute Gasteiger partial charge is 0.469 e. The summed E-state index contributed by atoms with van der Waals surface area (Å²) in [6.07, 6.45) is 2.55. The summed E-state index contributed by atoms with van der Waals surface area (Å²) >= 11 is 0. The van der Waals surface area contributed by atoms with E-state index < -0.39 is 0 Å². The summed E-state index contributed by atoms with van der Waals surface area (Å²) in [7, 11) is 1.41. The van der Waals surface area contributed by atoms with Crippen LogP contribution < -0.4 is 10.2 Å². The molecule has 0 radical (unpaired) electrons. The van der Waals surface area contributed by atoms with Gasteiger partial charge in [0.25, 0.3) is 0 Å². The minimum absolute atomic E-state index is 0.00715. The topological polar surface area (TPSA) is 58.6 Å². The van der Waals surface area contributed by atoms with Crippen molar-refractivity contribution in [1.29, 1.82) is 0 Å². The van der Waals surface area contributed by atoms with Gasteiger partial charge in [-0.1, -0.05) is 36.4 Å². The third kappa shape index (κ3) is 5.59. The van der Waals surface area contributed by atoms with E-state index in [1.165, 1.54) is 18.4 Å². The molecule has 0 aromatic heterocycles. The summed E-state index contributed by atoms with van der Waals surface area (Å²) in [6, 6.07) is 16.9. The molecule has 0 spiro atoms. The zero-order chi connectivity index (χ0) is 20.8. The molecule has 1 amide bonds. The molecule has 29 heavy (non-hydrogen) atoms. The fraction of sp³-hybridized carbons (Fsp3) is 0.417. The maximum absolute atomic E-state index is 11.4. The van der Waals surface area contributed by atoms with Crippen LogP contribution in [0.5, 0.6) is 0 Å². The second-order valence-corrected chi connectivity index (χ2v) is 7.77. The summed E-state index contributed by atoms with van der Waals surface area (Å²) in [5.41, 5.74) is 4.69. The van der Waals surface area contributed by atoms with Gasteiger partial charge >= 0.3 is 5.97 Å². The molecule has 154 valence electrons. The van der Waals surface area contributed by atoms with Crippen LogP contribution in [0, 0.1) is 0 Å². The van der Waals surface area contributed by atoms with Gasteiger partial charge in [-0.15, -0.1) is 0 Å². The fourth-order valence-corrected chi connectivity index (χ4v) is 3.98. The van der Waals surface area contributed by atoms with Crippen molar-refractivity contribution in [3.05, 3.63) is 65.2 Å². The quantitative estimate of drug-likeness (QED) is 0.753. The molecule has 1 unspecified atom stereocenters. The normalized spacial score (nSPS) is 15.6. The minimum atomic E-state index is -0.212. The number of benzene rings is 2. The molecule has 0 saturated carbocycles. The number of nitrogens with one attached hydrogen (secondary N) is 1. The highest BCUT2D eigenvalue weighted by Crippen LogP contribution is 2.31. The molecule has 0 aliphatic carbocycles. The Morgan fingerprint density at radius 3 is 2.24 bits per heavy atom. The van der Waals surface area contributed by atoms with Crippen molar-refractivity contribution in [2.45, 2.75) is 45.1 Å². The minimum Gasteiger partial charge on any atom is -0.469 e. The van der Waals surface area contributed by atoms with Gasteiger partial charge in [0.05, 0.1) is 19.6 Å². The van der Waals surface area contributed by atoms with Crippen LogP contribution in [0.1, 0.15) is 55.3 Å². The van der Waals surface area contributed by atoms with Crippen LogP contribution >= 0.6 is 0 Å². The van der Waals surface area contributed by atoms with Crippen LogP contribution in [0.3, 0.4) is 0 Å². The lowest BCUT2D eigenvalue weighted by Gasteiger charge is -2.34. The van der Waals surface area contributed by atoms with Gasteiger partial charge < -0.3 is 15.0 Å². The Labute approximate surface area is 173 Å². The van der Waals surface area contributed by atoms with Gasteiger partial charge in [0, 0.05) is 25.7 Å². The average Bonchev–Trinajstić information content (AvgIpc) is 2.74. The molecule has 1 saturated heterocycles. The number of carbonyl (C=O) groups is 2. The summed E-state index contributed by atoms with van der Waals surface area (Å²) in [4.78, 5) is 25.0. The Balaban J connectivity index is 1.55. The van der Waals surface area contributed by atoms with E-state index in [-0.39, 0.29) is 17.9 Å². The number of amides is 1. The fourth-order valence-electron chi connectivity index (χ4n) is 3.98. The van der Waals surface area contributed by atoms with Crippen LogP contribution in [-0.4, -0.2) is 32.1 Å². The van der Waals surface area contributed by atoms with Gasteiger partial charge in [0.1, 0.15) is 0 Å². The van der Waals surface area contributed by atoms with Crippen LogP contribution in [-0.2, 0) is 20.7 Å².